The van der Waals surface area contributed by atoms with E-state index in [-0.39, 0.29) is 24.7 Å². The van der Waals surface area contributed by atoms with E-state index in [0.717, 1.165) is 23.4 Å². The number of aromatic nitrogens is 2. The maximum Gasteiger partial charge on any atom is 0.243 e. The van der Waals surface area contributed by atoms with E-state index in [1.807, 2.05) is 37.3 Å². The summed E-state index contributed by atoms with van der Waals surface area (Å²) in [6, 6.07) is 11.6. The summed E-state index contributed by atoms with van der Waals surface area (Å²) in [5, 5.41) is 12.8. The lowest BCUT2D eigenvalue weighted by atomic mass is 10.1. The van der Waals surface area contributed by atoms with E-state index in [0.29, 0.717) is 12.4 Å². The molecule has 0 spiro atoms. The van der Waals surface area contributed by atoms with E-state index in [1.165, 1.54) is 5.01 Å². The maximum atomic E-state index is 12.3. The highest BCUT2D eigenvalue weighted by Gasteiger charge is 2.22. The van der Waals surface area contributed by atoms with Crippen molar-refractivity contribution in [2.45, 2.75) is 26.2 Å². The van der Waals surface area contributed by atoms with Crippen LogP contribution in [0.4, 0.5) is 5.82 Å². The monoisotopic (exact) mass is 339 g/mol. The SMILES string of the molecule is Cc1cc(NC(=O)CCC(=O)N2CCC(c3ccccc3)=N2)n(C)n1. The number of carbonyl (C=O) groups excluding carboxylic acids is 2. The molecule has 3 rings (SSSR count). The minimum atomic E-state index is -0.206. The van der Waals surface area contributed by atoms with Gasteiger partial charge in [-0.3, -0.25) is 14.3 Å². The molecule has 0 unspecified atom stereocenters. The van der Waals surface area contributed by atoms with Crippen LogP contribution in [0.5, 0.6) is 0 Å². The molecular formula is C18H21N5O2. The Kier molecular flexibility index (Phi) is 4.92. The molecule has 0 bridgehead atoms. The summed E-state index contributed by atoms with van der Waals surface area (Å²) >= 11 is 0. The van der Waals surface area contributed by atoms with Crippen LogP contribution < -0.4 is 5.32 Å². The topological polar surface area (TPSA) is 79.6 Å². The Morgan fingerprint density at radius 2 is 1.96 bits per heavy atom. The van der Waals surface area contributed by atoms with Crippen molar-refractivity contribution in [3.8, 4) is 0 Å². The number of amides is 2. The third-order valence-electron chi connectivity index (χ3n) is 4.03. The molecule has 7 heteroatoms. The van der Waals surface area contributed by atoms with Gasteiger partial charge in [-0.25, -0.2) is 5.01 Å². The lowest BCUT2D eigenvalue weighted by Gasteiger charge is -2.11. The Hall–Kier alpha value is -2.96. The number of benzene rings is 1. The first-order valence-electron chi connectivity index (χ1n) is 8.26. The van der Waals surface area contributed by atoms with Crippen molar-refractivity contribution in [3.05, 3.63) is 47.7 Å². The fourth-order valence-electron chi connectivity index (χ4n) is 2.75. The van der Waals surface area contributed by atoms with Crippen LogP contribution in [-0.2, 0) is 16.6 Å². The molecule has 130 valence electrons. The number of aryl methyl sites for hydroxylation is 2. The van der Waals surface area contributed by atoms with Crippen LogP contribution in [0.2, 0.25) is 0 Å². The number of anilines is 1. The van der Waals surface area contributed by atoms with Crippen molar-refractivity contribution < 1.29 is 9.59 Å². The molecule has 1 N–H and O–H groups in total. The molecule has 1 aliphatic rings. The molecule has 1 aliphatic heterocycles. The Morgan fingerprint density at radius 3 is 2.64 bits per heavy atom. The minimum absolute atomic E-state index is 0.121. The largest absolute Gasteiger partial charge is 0.311 e. The van der Waals surface area contributed by atoms with Crippen LogP contribution in [0, 0.1) is 6.92 Å². The van der Waals surface area contributed by atoms with Gasteiger partial charge < -0.3 is 5.32 Å². The molecule has 7 nitrogen and oxygen atoms in total. The summed E-state index contributed by atoms with van der Waals surface area (Å²) in [7, 11) is 1.76. The molecule has 2 heterocycles. The molecule has 0 radical (unpaired) electrons. The molecule has 25 heavy (non-hydrogen) atoms. The van der Waals surface area contributed by atoms with Crippen LogP contribution in [0.25, 0.3) is 0 Å². The third-order valence-corrected chi connectivity index (χ3v) is 4.03. The highest BCUT2D eigenvalue weighted by molar-refractivity contribution is 6.02. The van der Waals surface area contributed by atoms with Crippen molar-refractivity contribution in [2.75, 3.05) is 11.9 Å². The van der Waals surface area contributed by atoms with Crippen LogP contribution >= 0.6 is 0 Å². The molecule has 0 atom stereocenters. The lowest BCUT2D eigenvalue weighted by molar-refractivity contribution is -0.132. The first-order valence-corrected chi connectivity index (χ1v) is 8.26. The Labute approximate surface area is 146 Å². The molecule has 0 fully saturated rings. The molecule has 0 aliphatic carbocycles. The maximum absolute atomic E-state index is 12.3. The first-order chi connectivity index (χ1) is 12.0. The van der Waals surface area contributed by atoms with E-state index in [2.05, 4.69) is 15.5 Å². The number of nitrogens with one attached hydrogen (secondary N) is 1. The Bertz CT molecular complexity index is 810. The zero-order chi connectivity index (χ0) is 17.8. The Morgan fingerprint density at radius 1 is 1.20 bits per heavy atom. The summed E-state index contributed by atoms with van der Waals surface area (Å²) in [5.74, 6) is 0.283. The molecule has 1 aromatic carbocycles. The second-order valence-corrected chi connectivity index (χ2v) is 6.02. The predicted molar refractivity (Wildman–Crippen MR) is 95.1 cm³/mol. The van der Waals surface area contributed by atoms with Crippen molar-refractivity contribution in [1.82, 2.24) is 14.8 Å². The molecule has 0 saturated heterocycles. The number of rotatable bonds is 5. The molecular weight excluding hydrogens is 318 g/mol. The van der Waals surface area contributed by atoms with Gasteiger partial charge in [-0.15, -0.1) is 0 Å². The summed E-state index contributed by atoms with van der Waals surface area (Å²) in [6.45, 7) is 2.42. The highest BCUT2D eigenvalue weighted by atomic mass is 16.2. The van der Waals surface area contributed by atoms with Crippen LogP contribution in [0.15, 0.2) is 41.5 Å². The van der Waals surface area contributed by atoms with Crippen molar-refractivity contribution >= 4 is 23.3 Å². The van der Waals surface area contributed by atoms with Gasteiger partial charge in [-0.2, -0.15) is 10.2 Å². The number of nitrogens with zero attached hydrogens (tertiary/aromatic N) is 4. The van der Waals surface area contributed by atoms with Gasteiger partial charge >= 0.3 is 0 Å². The van der Waals surface area contributed by atoms with Gasteiger partial charge in [0, 0.05) is 32.4 Å². The smallest absolute Gasteiger partial charge is 0.243 e. The lowest BCUT2D eigenvalue weighted by Crippen LogP contribution is -2.25. The number of hydrogen-bond donors (Lipinski definition) is 1. The summed E-state index contributed by atoms with van der Waals surface area (Å²) < 4.78 is 1.60. The van der Waals surface area contributed by atoms with Crippen molar-refractivity contribution in [2.24, 2.45) is 12.1 Å². The van der Waals surface area contributed by atoms with Gasteiger partial charge in [0.25, 0.3) is 0 Å². The minimum Gasteiger partial charge on any atom is -0.311 e. The van der Waals surface area contributed by atoms with Crippen LogP contribution in [-0.4, -0.2) is 38.9 Å². The predicted octanol–water partition coefficient (Wildman–Crippen LogP) is 2.08. The van der Waals surface area contributed by atoms with Gasteiger partial charge in [-0.05, 0) is 12.5 Å². The van der Waals surface area contributed by atoms with E-state index in [1.54, 1.807) is 17.8 Å². The zero-order valence-electron chi connectivity index (χ0n) is 14.4. The van der Waals surface area contributed by atoms with E-state index in [9.17, 15) is 9.59 Å². The number of carbonyl (C=O) groups is 2. The average Bonchev–Trinajstić information content (AvgIpc) is 3.21. The standard InChI is InChI=1S/C18H21N5O2/c1-13-12-16(22(2)20-13)19-17(24)8-9-18(25)23-11-10-15(21-23)14-6-4-3-5-7-14/h3-7,12H,8-11H2,1-2H3,(H,19,24). The van der Waals surface area contributed by atoms with E-state index >= 15 is 0 Å². The first kappa shape index (κ1) is 16.9. The summed E-state index contributed by atoms with van der Waals surface area (Å²) in [4.78, 5) is 24.3. The van der Waals surface area contributed by atoms with Crippen molar-refractivity contribution in [1.29, 1.82) is 0 Å². The van der Waals surface area contributed by atoms with Gasteiger partial charge in [0.15, 0.2) is 0 Å². The normalized spacial score (nSPS) is 13.7. The molecule has 2 aromatic rings. The zero-order valence-corrected chi connectivity index (χ0v) is 14.4. The third kappa shape index (κ3) is 4.12. The highest BCUT2D eigenvalue weighted by Crippen LogP contribution is 2.15. The van der Waals surface area contributed by atoms with E-state index < -0.39 is 0 Å². The van der Waals surface area contributed by atoms with Gasteiger partial charge in [0.05, 0.1) is 18.0 Å². The van der Waals surface area contributed by atoms with Gasteiger partial charge in [0.1, 0.15) is 5.82 Å². The molecule has 0 saturated carbocycles. The van der Waals surface area contributed by atoms with Crippen molar-refractivity contribution in [3.63, 3.8) is 0 Å². The second kappa shape index (κ2) is 7.29. The van der Waals surface area contributed by atoms with Gasteiger partial charge in [0.2, 0.25) is 11.8 Å². The van der Waals surface area contributed by atoms with E-state index in [4.69, 9.17) is 0 Å². The summed E-state index contributed by atoms with van der Waals surface area (Å²) in [5.41, 5.74) is 2.76. The van der Waals surface area contributed by atoms with Crippen LogP contribution in [0.3, 0.4) is 0 Å². The fraction of sp³-hybridized carbons (Fsp3) is 0.333. The second-order valence-electron chi connectivity index (χ2n) is 6.02. The molecule has 2 amide bonds. The average molecular weight is 339 g/mol. The number of hydrogen-bond acceptors (Lipinski definition) is 4. The fourth-order valence-corrected chi connectivity index (χ4v) is 2.75. The summed E-state index contributed by atoms with van der Waals surface area (Å²) in [6.07, 6.45) is 0.986. The number of hydrazone groups is 1. The van der Waals surface area contributed by atoms with Crippen LogP contribution in [0.1, 0.15) is 30.5 Å². The van der Waals surface area contributed by atoms with Gasteiger partial charge in [-0.1, -0.05) is 30.3 Å². The molecule has 1 aromatic heterocycles. The Balaban J connectivity index is 1.52. The quantitative estimate of drug-likeness (QED) is 0.906.